The van der Waals surface area contributed by atoms with Gasteiger partial charge in [-0.05, 0) is 23.6 Å². The molecule has 3 rings (SSSR count). The van der Waals surface area contributed by atoms with Crippen LogP contribution in [0.25, 0.3) is 21.5 Å². The highest BCUT2D eigenvalue weighted by Crippen LogP contribution is 2.28. The molecule has 0 saturated carbocycles. The average Bonchev–Trinajstić information content (AvgIpc) is 3.21. The minimum Gasteiger partial charge on any atom is -0.337 e. The van der Waals surface area contributed by atoms with Crippen molar-refractivity contribution in [3.05, 3.63) is 53.4 Å². The summed E-state index contributed by atoms with van der Waals surface area (Å²) in [6.07, 6.45) is 0.468. The summed E-state index contributed by atoms with van der Waals surface area (Å²) in [5.74, 6) is -0.174. The first-order valence-corrected chi connectivity index (χ1v) is 9.09. The molecule has 5 nitrogen and oxygen atoms in total. The Balaban J connectivity index is 2.08. The maximum atomic E-state index is 13.2. The van der Waals surface area contributed by atoms with Crippen molar-refractivity contribution in [2.24, 2.45) is 0 Å². The first-order chi connectivity index (χ1) is 12.7. The van der Waals surface area contributed by atoms with Crippen molar-refractivity contribution in [1.29, 1.82) is 10.5 Å². The van der Waals surface area contributed by atoms with Crippen LogP contribution in [0.15, 0.2) is 47.8 Å². The van der Waals surface area contributed by atoms with Gasteiger partial charge in [-0.15, -0.1) is 11.3 Å². The highest BCUT2D eigenvalue weighted by Gasteiger charge is 2.20. The van der Waals surface area contributed by atoms with E-state index in [0.717, 1.165) is 21.5 Å². The monoisotopic (exact) mass is 360 g/mol. The summed E-state index contributed by atoms with van der Waals surface area (Å²) in [6.45, 7) is 0.615. The summed E-state index contributed by atoms with van der Waals surface area (Å²) in [7, 11) is 0. The number of fused-ring (bicyclic) bond motifs is 1. The molecular weight excluding hydrogens is 344 g/mol. The third-order valence-electron chi connectivity index (χ3n) is 3.99. The van der Waals surface area contributed by atoms with Crippen LogP contribution >= 0.6 is 11.3 Å². The highest BCUT2D eigenvalue weighted by molar-refractivity contribution is 7.13. The maximum Gasteiger partial charge on any atom is 0.254 e. The lowest BCUT2D eigenvalue weighted by atomic mass is 10.1. The molecule has 2 aromatic heterocycles. The fourth-order valence-electron chi connectivity index (χ4n) is 2.76. The third-order valence-corrected chi connectivity index (χ3v) is 4.89. The molecule has 0 bridgehead atoms. The second kappa shape index (κ2) is 8.24. The number of aromatic nitrogens is 1. The molecule has 128 valence electrons. The van der Waals surface area contributed by atoms with Gasteiger partial charge in [0, 0.05) is 18.5 Å². The summed E-state index contributed by atoms with van der Waals surface area (Å²) in [5.41, 5.74) is 2.06. The molecule has 0 aliphatic rings. The summed E-state index contributed by atoms with van der Waals surface area (Å²) < 4.78 is 0. The second-order valence-corrected chi connectivity index (χ2v) is 6.61. The molecule has 26 heavy (non-hydrogen) atoms. The molecule has 0 N–H and O–H groups in total. The predicted octanol–water partition coefficient (Wildman–Crippen LogP) is 4.23. The van der Waals surface area contributed by atoms with E-state index in [9.17, 15) is 4.79 Å². The van der Waals surface area contributed by atoms with Crippen LogP contribution in [0.5, 0.6) is 0 Å². The molecule has 0 saturated heterocycles. The van der Waals surface area contributed by atoms with Crippen molar-refractivity contribution in [1.82, 2.24) is 9.88 Å². The van der Waals surface area contributed by atoms with Crippen molar-refractivity contribution >= 4 is 28.1 Å². The number of thiophene rings is 1. The van der Waals surface area contributed by atoms with E-state index in [4.69, 9.17) is 10.5 Å². The average molecular weight is 360 g/mol. The van der Waals surface area contributed by atoms with E-state index in [0.29, 0.717) is 18.7 Å². The Kier molecular flexibility index (Phi) is 5.58. The van der Waals surface area contributed by atoms with Gasteiger partial charge in [-0.2, -0.15) is 10.5 Å². The molecule has 2 heterocycles. The number of carbonyl (C=O) groups is 1. The van der Waals surface area contributed by atoms with Gasteiger partial charge in [0.25, 0.3) is 5.91 Å². The number of benzene rings is 1. The molecule has 1 aromatic carbocycles. The van der Waals surface area contributed by atoms with E-state index < -0.39 is 0 Å². The van der Waals surface area contributed by atoms with Crippen molar-refractivity contribution in [3.8, 4) is 22.7 Å². The zero-order valence-corrected chi connectivity index (χ0v) is 14.9. The lowest BCUT2D eigenvalue weighted by Crippen LogP contribution is -2.33. The van der Waals surface area contributed by atoms with Gasteiger partial charge < -0.3 is 4.90 Å². The molecule has 1 amide bonds. The maximum absolute atomic E-state index is 13.2. The number of para-hydroxylation sites is 1. The molecule has 0 aliphatic heterocycles. The molecular formula is C20H16N4OS. The smallest absolute Gasteiger partial charge is 0.254 e. The standard InChI is InChI=1S/C20H16N4OS/c21-9-4-11-24(12-5-10-22)20(25)16-14-18(19-8-3-13-26-19)23-17-7-2-1-6-15(16)17/h1-3,6-8,13-14H,4-5,11-12H2. The number of hydrogen-bond acceptors (Lipinski definition) is 5. The minimum atomic E-state index is -0.174. The Bertz CT molecular complexity index is 981. The van der Waals surface area contributed by atoms with Crippen molar-refractivity contribution in [3.63, 3.8) is 0 Å². The van der Waals surface area contributed by atoms with Crippen LogP contribution < -0.4 is 0 Å². The van der Waals surface area contributed by atoms with E-state index in [1.165, 1.54) is 0 Å². The lowest BCUT2D eigenvalue weighted by molar-refractivity contribution is 0.0764. The van der Waals surface area contributed by atoms with Crippen LogP contribution in [0.1, 0.15) is 23.2 Å². The van der Waals surface area contributed by atoms with Crippen molar-refractivity contribution < 1.29 is 4.79 Å². The predicted molar refractivity (Wildman–Crippen MR) is 101 cm³/mol. The number of nitrogens with zero attached hydrogens (tertiary/aromatic N) is 4. The molecule has 0 spiro atoms. The second-order valence-electron chi connectivity index (χ2n) is 5.66. The lowest BCUT2D eigenvalue weighted by Gasteiger charge is -2.21. The SMILES string of the molecule is N#CCCN(CCC#N)C(=O)c1cc(-c2cccs2)nc2ccccc12. The molecule has 0 radical (unpaired) electrons. The summed E-state index contributed by atoms with van der Waals surface area (Å²) in [4.78, 5) is 20.4. The van der Waals surface area contributed by atoms with Gasteiger partial charge in [-0.25, -0.2) is 4.98 Å². The Morgan fingerprint density at radius 2 is 1.81 bits per heavy atom. The number of carbonyl (C=O) groups excluding carboxylic acids is 1. The number of amides is 1. The first kappa shape index (κ1) is 17.6. The third kappa shape index (κ3) is 3.72. The van der Waals surface area contributed by atoms with Crippen LogP contribution in [0.4, 0.5) is 0 Å². The molecule has 6 heteroatoms. The Morgan fingerprint density at radius 1 is 1.08 bits per heavy atom. The van der Waals surface area contributed by atoms with E-state index >= 15 is 0 Å². The molecule has 0 unspecified atom stereocenters. The van der Waals surface area contributed by atoms with E-state index in [-0.39, 0.29) is 18.7 Å². The minimum absolute atomic E-state index is 0.174. The number of nitriles is 2. The topological polar surface area (TPSA) is 80.8 Å². The van der Waals surface area contributed by atoms with Crippen LogP contribution in [0, 0.1) is 22.7 Å². The van der Waals surface area contributed by atoms with Gasteiger partial charge in [-0.1, -0.05) is 24.3 Å². The zero-order chi connectivity index (χ0) is 18.4. The van der Waals surface area contributed by atoms with Crippen LogP contribution in [0.2, 0.25) is 0 Å². The van der Waals surface area contributed by atoms with Gasteiger partial charge in [-0.3, -0.25) is 4.79 Å². The molecule has 0 aliphatic carbocycles. The van der Waals surface area contributed by atoms with Gasteiger partial charge in [0.2, 0.25) is 0 Å². The fourth-order valence-corrected chi connectivity index (χ4v) is 3.44. The van der Waals surface area contributed by atoms with Crippen molar-refractivity contribution in [2.45, 2.75) is 12.8 Å². The summed E-state index contributed by atoms with van der Waals surface area (Å²) in [5, 5.41) is 20.5. The highest BCUT2D eigenvalue weighted by atomic mass is 32.1. The van der Waals surface area contributed by atoms with Crippen LogP contribution in [-0.2, 0) is 0 Å². The fraction of sp³-hybridized carbons (Fsp3) is 0.200. The summed E-state index contributed by atoms with van der Waals surface area (Å²) >= 11 is 1.57. The quantitative estimate of drug-likeness (QED) is 0.659. The Labute approximate surface area is 155 Å². The normalized spacial score (nSPS) is 10.2. The Morgan fingerprint density at radius 3 is 2.46 bits per heavy atom. The number of hydrogen-bond donors (Lipinski definition) is 0. The van der Waals surface area contributed by atoms with E-state index in [1.54, 1.807) is 16.2 Å². The molecule has 3 aromatic rings. The van der Waals surface area contributed by atoms with Crippen LogP contribution in [-0.4, -0.2) is 28.9 Å². The van der Waals surface area contributed by atoms with E-state index in [2.05, 4.69) is 17.1 Å². The number of rotatable bonds is 6. The molecule has 0 fully saturated rings. The zero-order valence-electron chi connectivity index (χ0n) is 14.1. The largest absolute Gasteiger partial charge is 0.337 e. The summed E-state index contributed by atoms with van der Waals surface area (Å²) in [6, 6.07) is 17.4. The first-order valence-electron chi connectivity index (χ1n) is 8.21. The van der Waals surface area contributed by atoms with Gasteiger partial charge in [0.1, 0.15) is 0 Å². The Hall–Kier alpha value is -3.22. The molecule has 0 atom stereocenters. The van der Waals surface area contributed by atoms with E-state index in [1.807, 2.05) is 47.8 Å². The van der Waals surface area contributed by atoms with Gasteiger partial charge in [0.05, 0.1) is 46.6 Å². The van der Waals surface area contributed by atoms with Gasteiger partial charge >= 0.3 is 0 Å². The van der Waals surface area contributed by atoms with Crippen LogP contribution in [0.3, 0.4) is 0 Å². The number of pyridine rings is 1. The van der Waals surface area contributed by atoms with Gasteiger partial charge in [0.15, 0.2) is 0 Å². The van der Waals surface area contributed by atoms with Crippen molar-refractivity contribution in [2.75, 3.05) is 13.1 Å².